The number of nitrogen functional groups attached to an aromatic ring is 2. The summed E-state index contributed by atoms with van der Waals surface area (Å²) < 4.78 is 16.6. The van der Waals surface area contributed by atoms with Crippen LogP contribution in [0.15, 0.2) is 18.3 Å². The molecule has 0 amide bonds. The first kappa shape index (κ1) is 19.8. The zero-order valence-corrected chi connectivity index (χ0v) is 15.4. The monoisotopic (exact) mass is 374 g/mol. The van der Waals surface area contributed by atoms with Crippen LogP contribution in [0, 0.1) is 0 Å². The van der Waals surface area contributed by atoms with E-state index in [0.29, 0.717) is 36.1 Å². The number of nitrogens with two attached hydrogens (primary N) is 2. The van der Waals surface area contributed by atoms with Crippen LogP contribution >= 0.6 is 0 Å². The van der Waals surface area contributed by atoms with Crippen LogP contribution in [0.2, 0.25) is 0 Å². The highest BCUT2D eigenvalue weighted by Gasteiger charge is 2.22. The fraction of sp³-hybridized carbons (Fsp3) is 0.278. The normalized spacial score (nSPS) is 11.5. The zero-order valence-electron chi connectivity index (χ0n) is 15.4. The largest absolute Gasteiger partial charge is 0.493 e. The second kappa shape index (κ2) is 8.75. The van der Waals surface area contributed by atoms with Gasteiger partial charge in [-0.1, -0.05) is 6.08 Å². The van der Waals surface area contributed by atoms with Crippen molar-refractivity contribution in [1.29, 1.82) is 0 Å². The lowest BCUT2D eigenvalue weighted by atomic mass is 9.97. The Hall–Kier alpha value is -3.49. The van der Waals surface area contributed by atoms with E-state index in [0.717, 1.165) is 23.6 Å². The number of benzene rings is 1. The maximum atomic E-state index is 9.00. The van der Waals surface area contributed by atoms with Crippen molar-refractivity contribution in [2.75, 3.05) is 32.3 Å². The van der Waals surface area contributed by atoms with Crippen molar-refractivity contribution >= 4 is 23.8 Å². The second-order valence-corrected chi connectivity index (χ2v) is 5.56. The van der Waals surface area contributed by atoms with Gasteiger partial charge in [-0.3, -0.25) is 4.79 Å². The van der Waals surface area contributed by atoms with E-state index in [1.807, 2.05) is 18.2 Å². The maximum Gasteiger partial charge on any atom is 0.300 e. The molecule has 0 atom stereocenters. The minimum Gasteiger partial charge on any atom is -0.493 e. The summed E-state index contributed by atoms with van der Waals surface area (Å²) in [5.41, 5.74) is 14.2. The lowest BCUT2D eigenvalue weighted by Crippen LogP contribution is -2.08. The summed E-state index contributed by atoms with van der Waals surface area (Å²) in [5, 5.41) is 7.42. The van der Waals surface area contributed by atoms with Gasteiger partial charge >= 0.3 is 0 Å². The van der Waals surface area contributed by atoms with Gasteiger partial charge < -0.3 is 30.8 Å². The van der Waals surface area contributed by atoms with Crippen LogP contribution in [-0.2, 0) is 11.2 Å². The number of rotatable bonds is 4. The number of hydrogen-bond donors (Lipinski definition) is 3. The quantitative estimate of drug-likeness (QED) is 0.729. The molecule has 0 aliphatic carbocycles. The van der Waals surface area contributed by atoms with Crippen molar-refractivity contribution in [3.05, 3.63) is 35.0 Å². The lowest BCUT2D eigenvalue weighted by molar-refractivity contribution is -0.134. The van der Waals surface area contributed by atoms with Crippen LogP contribution in [0.3, 0.4) is 0 Å². The lowest BCUT2D eigenvalue weighted by Gasteiger charge is -2.21. The third-order valence-electron chi connectivity index (χ3n) is 3.66. The molecule has 0 unspecified atom stereocenters. The van der Waals surface area contributed by atoms with Gasteiger partial charge in [0.2, 0.25) is 11.7 Å². The van der Waals surface area contributed by atoms with E-state index in [1.165, 1.54) is 0 Å². The number of carboxylic acids is 1. The van der Waals surface area contributed by atoms with Gasteiger partial charge in [0.1, 0.15) is 12.4 Å². The molecule has 1 aromatic carbocycles. The molecule has 2 heterocycles. The molecule has 144 valence electrons. The molecule has 0 bridgehead atoms. The first-order chi connectivity index (χ1) is 12.9. The molecular weight excluding hydrogens is 352 g/mol. The molecule has 0 fully saturated rings. The molecule has 27 heavy (non-hydrogen) atoms. The van der Waals surface area contributed by atoms with E-state index in [9.17, 15) is 0 Å². The fourth-order valence-corrected chi connectivity index (χ4v) is 2.57. The Morgan fingerprint density at radius 3 is 2.59 bits per heavy atom. The van der Waals surface area contributed by atoms with Gasteiger partial charge in [0, 0.05) is 30.7 Å². The van der Waals surface area contributed by atoms with Gasteiger partial charge in [-0.05, 0) is 17.7 Å². The van der Waals surface area contributed by atoms with Crippen LogP contribution in [0.1, 0.15) is 23.6 Å². The highest BCUT2D eigenvalue weighted by Crippen LogP contribution is 2.44. The van der Waals surface area contributed by atoms with Gasteiger partial charge in [0.15, 0.2) is 11.5 Å². The van der Waals surface area contributed by atoms with E-state index in [2.05, 4.69) is 9.97 Å². The van der Waals surface area contributed by atoms with Crippen LogP contribution < -0.4 is 25.7 Å². The molecule has 9 nitrogen and oxygen atoms in total. The van der Waals surface area contributed by atoms with Crippen molar-refractivity contribution in [2.45, 2.75) is 13.3 Å². The molecular formula is C18H22N4O5. The number of aromatic nitrogens is 2. The average Bonchev–Trinajstić information content (AvgIpc) is 2.63. The summed E-state index contributed by atoms with van der Waals surface area (Å²) in [6.45, 7) is 1.57. The van der Waals surface area contributed by atoms with Crippen molar-refractivity contribution in [1.82, 2.24) is 9.97 Å². The Morgan fingerprint density at radius 1 is 1.30 bits per heavy atom. The van der Waals surface area contributed by atoms with Gasteiger partial charge in [0.25, 0.3) is 5.97 Å². The van der Waals surface area contributed by atoms with Gasteiger partial charge in [-0.25, -0.2) is 4.98 Å². The topological polar surface area (TPSA) is 143 Å². The van der Waals surface area contributed by atoms with Crippen molar-refractivity contribution in [2.24, 2.45) is 0 Å². The number of hydrogen-bond acceptors (Lipinski definition) is 8. The minimum atomic E-state index is -0.833. The molecule has 2 aromatic rings. The standard InChI is InChI=1S/C16H18N4O3.C2H4O2/c1-21-12-7-9(6-10-8-19-16(18)20-15(10)17)11-4-3-5-23-13(11)14(12)22-2;1-2(3)4/h3-4,7-8H,5-6H2,1-2H3,(H4,17,18,19,20);1H3,(H,3,4). The maximum absolute atomic E-state index is 9.00. The van der Waals surface area contributed by atoms with E-state index >= 15 is 0 Å². The molecule has 1 aliphatic rings. The number of methoxy groups -OCH3 is 2. The summed E-state index contributed by atoms with van der Waals surface area (Å²) in [6, 6.07) is 1.91. The Labute approximate surface area is 156 Å². The molecule has 0 saturated carbocycles. The predicted molar refractivity (Wildman–Crippen MR) is 101 cm³/mol. The van der Waals surface area contributed by atoms with Gasteiger partial charge in [-0.2, -0.15) is 4.98 Å². The van der Waals surface area contributed by atoms with Gasteiger partial charge in [-0.15, -0.1) is 0 Å². The highest BCUT2D eigenvalue weighted by atomic mass is 16.5. The summed E-state index contributed by atoms with van der Waals surface area (Å²) in [4.78, 5) is 17.0. The molecule has 9 heteroatoms. The van der Waals surface area contributed by atoms with E-state index in [-0.39, 0.29) is 5.95 Å². The molecule has 5 N–H and O–H groups in total. The molecule has 1 aromatic heterocycles. The number of carbonyl (C=O) groups is 1. The van der Waals surface area contributed by atoms with E-state index in [1.54, 1.807) is 20.4 Å². The van der Waals surface area contributed by atoms with Crippen LogP contribution in [0.5, 0.6) is 17.2 Å². The van der Waals surface area contributed by atoms with Crippen LogP contribution in [-0.4, -0.2) is 41.9 Å². The van der Waals surface area contributed by atoms with Crippen LogP contribution in [0.4, 0.5) is 11.8 Å². The Morgan fingerprint density at radius 2 is 2.00 bits per heavy atom. The molecule has 0 radical (unpaired) electrons. The number of ether oxygens (including phenoxy) is 3. The van der Waals surface area contributed by atoms with Crippen molar-refractivity contribution < 1.29 is 24.1 Å². The van der Waals surface area contributed by atoms with E-state index < -0.39 is 5.97 Å². The van der Waals surface area contributed by atoms with Crippen molar-refractivity contribution in [3.8, 4) is 17.2 Å². The van der Waals surface area contributed by atoms with E-state index in [4.69, 9.17) is 35.6 Å². The summed E-state index contributed by atoms with van der Waals surface area (Å²) >= 11 is 0. The van der Waals surface area contributed by atoms with Gasteiger partial charge in [0.05, 0.1) is 14.2 Å². The summed E-state index contributed by atoms with van der Waals surface area (Å²) in [5.74, 6) is 1.54. The second-order valence-electron chi connectivity index (χ2n) is 5.56. The SMILES string of the molecule is CC(=O)O.COc1cc(Cc2cnc(N)nc2N)c2c(c1OC)OCC=C2. The van der Waals surface area contributed by atoms with Crippen molar-refractivity contribution in [3.63, 3.8) is 0 Å². The number of nitrogens with zero attached hydrogens (tertiary/aromatic N) is 2. The Kier molecular flexibility index (Phi) is 6.42. The molecule has 3 rings (SSSR count). The third kappa shape index (κ3) is 4.78. The fourth-order valence-electron chi connectivity index (χ4n) is 2.57. The predicted octanol–water partition coefficient (Wildman–Crippen LogP) is 1.75. The summed E-state index contributed by atoms with van der Waals surface area (Å²) in [7, 11) is 3.18. The highest BCUT2D eigenvalue weighted by molar-refractivity contribution is 5.72. The number of carboxylic acid groups (broad SMARTS) is 1. The molecule has 0 saturated heterocycles. The summed E-state index contributed by atoms with van der Waals surface area (Å²) in [6.07, 6.45) is 6.11. The number of fused-ring (bicyclic) bond motifs is 1. The molecule has 0 spiro atoms. The minimum absolute atomic E-state index is 0.156. The average molecular weight is 374 g/mol. The van der Waals surface area contributed by atoms with Crippen LogP contribution in [0.25, 0.3) is 6.08 Å². The third-order valence-corrected chi connectivity index (χ3v) is 3.66. The Bertz CT molecular complexity index is 863. The first-order valence-corrected chi connectivity index (χ1v) is 8.01. The number of aliphatic carboxylic acids is 1. The number of anilines is 2. The first-order valence-electron chi connectivity index (χ1n) is 8.01. The molecule has 1 aliphatic heterocycles. The smallest absolute Gasteiger partial charge is 0.300 e. The zero-order chi connectivity index (χ0) is 20.0. The Balaban J connectivity index is 0.000000596.